The van der Waals surface area contributed by atoms with E-state index in [1.165, 1.54) is 4.90 Å². The maximum absolute atomic E-state index is 5.83. The van der Waals surface area contributed by atoms with E-state index in [-0.39, 0.29) is 10.7 Å². The minimum atomic E-state index is 0.00625. The molecule has 0 fully saturated rings. The monoisotopic (exact) mass is 262 g/mol. The molecule has 0 saturated heterocycles. The molecule has 0 amide bonds. The summed E-state index contributed by atoms with van der Waals surface area (Å²) in [4.78, 5) is 9.56. The third kappa shape index (κ3) is 3.13. The highest BCUT2D eigenvalue weighted by Crippen LogP contribution is 2.35. The summed E-state index contributed by atoms with van der Waals surface area (Å²) in [6.07, 6.45) is 5.43. The van der Waals surface area contributed by atoms with Crippen molar-refractivity contribution in [1.82, 2.24) is 9.97 Å². The van der Waals surface area contributed by atoms with E-state index in [0.29, 0.717) is 0 Å². The topological polar surface area (TPSA) is 38.9 Å². The molecule has 0 N–H and O–H groups in total. The number of pyridine rings is 1. The summed E-state index contributed by atoms with van der Waals surface area (Å²) in [5.74, 6) is 1.71. The van der Waals surface area contributed by atoms with E-state index >= 15 is 0 Å². The van der Waals surface area contributed by atoms with Crippen LogP contribution < -0.4 is 0 Å². The Morgan fingerprint density at radius 2 is 1.89 bits per heavy atom. The lowest BCUT2D eigenvalue weighted by Crippen LogP contribution is -2.09. The van der Waals surface area contributed by atoms with E-state index in [0.717, 1.165) is 11.7 Å². The molecule has 0 aliphatic carbocycles. The van der Waals surface area contributed by atoms with E-state index in [1.807, 2.05) is 18.3 Å². The van der Waals surface area contributed by atoms with Crippen LogP contribution in [0.4, 0.5) is 0 Å². The van der Waals surface area contributed by atoms with Gasteiger partial charge in [-0.3, -0.25) is 4.98 Å². The van der Waals surface area contributed by atoms with Crippen molar-refractivity contribution in [3.63, 3.8) is 0 Å². The number of oxazole rings is 1. The van der Waals surface area contributed by atoms with Gasteiger partial charge >= 0.3 is 0 Å². The Kier molecular flexibility index (Phi) is 3.76. The van der Waals surface area contributed by atoms with Gasteiger partial charge in [0.05, 0.1) is 11.4 Å². The predicted octanol–water partition coefficient (Wildman–Crippen LogP) is 4.22. The van der Waals surface area contributed by atoms with Crippen LogP contribution in [-0.4, -0.2) is 9.97 Å². The van der Waals surface area contributed by atoms with Crippen LogP contribution in [0.3, 0.4) is 0 Å². The molecule has 18 heavy (non-hydrogen) atoms. The molecule has 2 aromatic rings. The molecule has 0 aliphatic rings. The number of aromatic nitrogens is 2. The van der Waals surface area contributed by atoms with Crippen LogP contribution in [0.5, 0.6) is 0 Å². The third-order valence-electron chi connectivity index (χ3n) is 2.57. The SMILES string of the molecule is CC(Sc1ccncc1)c1ncc(C(C)(C)C)o1. The standard InChI is InChI=1S/C14H18N2OS/c1-10(18-11-5-7-15-8-6-11)13-16-9-12(17-13)14(2,3)4/h5-10H,1-4H3. The lowest BCUT2D eigenvalue weighted by molar-refractivity contribution is 0.383. The minimum Gasteiger partial charge on any atom is -0.444 e. The Balaban J connectivity index is 2.10. The van der Waals surface area contributed by atoms with E-state index in [9.17, 15) is 0 Å². The Morgan fingerprint density at radius 1 is 1.22 bits per heavy atom. The quantitative estimate of drug-likeness (QED) is 0.776. The average Bonchev–Trinajstić information content (AvgIpc) is 2.79. The van der Waals surface area contributed by atoms with Gasteiger partial charge in [-0.05, 0) is 19.1 Å². The molecule has 2 heterocycles. The van der Waals surface area contributed by atoms with Gasteiger partial charge in [0.2, 0.25) is 5.89 Å². The van der Waals surface area contributed by atoms with E-state index in [4.69, 9.17) is 4.42 Å². The summed E-state index contributed by atoms with van der Waals surface area (Å²) in [5.41, 5.74) is 0.00625. The van der Waals surface area contributed by atoms with Crippen LogP contribution in [0.15, 0.2) is 40.0 Å². The number of hydrogen-bond donors (Lipinski definition) is 0. The van der Waals surface area contributed by atoms with Crippen molar-refractivity contribution in [2.75, 3.05) is 0 Å². The summed E-state index contributed by atoms with van der Waals surface area (Å²) >= 11 is 1.72. The van der Waals surface area contributed by atoms with Crippen molar-refractivity contribution in [2.24, 2.45) is 0 Å². The van der Waals surface area contributed by atoms with Gasteiger partial charge in [-0.2, -0.15) is 0 Å². The second kappa shape index (κ2) is 5.14. The first-order valence-corrected chi connectivity index (χ1v) is 6.87. The maximum atomic E-state index is 5.83. The fourth-order valence-corrected chi connectivity index (χ4v) is 2.39. The zero-order valence-corrected chi connectivity index (χ0v) is 12.0. The Morgan fingerprint density at radius 3 is 2.44 bits per heavy atom. The van der Waals surface area contributed by atoms with Gasteiger partial charge in [0, 0.05) is 22.7 Å². The summed E-state index contributed by atoms with van der Waals surface area (Å²) in [6, 6.07) is 3.99. The van der Waals surface area contributed by atoms with Crippen LogP contribution in [-0.2, 0) is 5.41 Å². The Labute approximate surface area is 112 Å². The highest BCUT2D eigenvalue weighted by atomic mass is 32.2. The lowest BCUT2D eigenvalue weighted by atomic mass is 9.94. The van der Waals surface area contributed by atoms with Crippen molar-refractivity contribution in [2.45, 2.75) is 43.3 Å². The minimum absolute atomic E-state index is 0.00625. The van der Waals surface area contributed by atoms with Crippen molar-refractivity contribution in [1.29, 1.82) is 0 Å². The summed E-state index contributed by atoms with van der Waals surface area (Å²) in [6.45, 7) is 8.47. The zero-order chi connectivity index (χ0) is 13.2. The molecule has 0 radical (unpaired) electrons. The Bertz CT molecular complexity index is 502. The molecule has 2 aromatic heterocycles. The van der Waals surface area contributed by atoms with Gasteiger partial charge in [0.1, 0.15) is 5.76 Å². The smallest absolute Gasteiger partial charge is 0.207 e. The normalized spacial score (nSPS) is 13.6. The molecule has 2 rings (SSSR count). The second-order valence-corrected chi connectivity index (χ2v) is 6.67. The van der Waals surface area contributed by atoms with Crippen molar-refractivity contribution in [3.8, 4) is 0 Å². The Hall–Kier alpha value is -1.29. The second-order valence-electron chi connectivity index (χ2n) is 5.26. The molecule has 3 nitrogen and oxygen atoms in total. The van der Waals surface area contributed by atoms with Gasteiger partial charge < -0.3 is 4.42 Å². The first-order chi connectivity index (χ1) is 8.47. The third-order valence-corrected chi connectivity index (χ3v) is 3.67. The zero-order valence-electron chi connectivity index (χ0n) is 11.2. The van der Waals surface area contributed by atoms with Crippen molar-refractivity contribution < 1.29 is 4.42 Å². The van der Waals surface area contributed by atoms with Gasteiger partial charge in [-0.25, -0.2) is 4.98 Å². The van der Waals surface area contributed by atoms with E-state index < -0.39 is 0 Å². The van der Waals surface area contributed by atoms with Crippen LogP contribution >= 0.6 is 11.8 Å². The highest BCUT2D eigenvalue weighted by molar-refractivity contribution is 7.99. The fourth-order valence-electron chi connectivity index (χ4n) is 1.49. The molecule has 0 saturated carbocycles. The maximum Gasteiger partial charge on any atom is 0.207 e. The molecule has 4 heteroatoms. The summed E-state index contributed by atoms with van der Waals surface area (Å²) in [7, 11) is 0. The van der Waals surface area contributed by atoms with Crippen molar-refractivity contribution >= 4 is 11.8 Å². The highest BCUT2D eigenvalue weighted by Gasteiger charge is 2.21. The molecular formula is C14H18N2OS. The molecule has 0 bridgehead atoms. The van der Waals surface area contributed by atoms with Crippen LogP contribution in [0, 0.1) is 0 Å². The molecule has 96 valence electrons. The molecule has 0 aromatic carbocycles. The largest absolute Gasteiger partial charge is 0.444 e. The lowest BCUT2D eigenvalue weighted by Gasteiger charge is -2.13. The number of rotatable bonds is 3. The molecular weight excluding hydrogens is 244 g/mol. The van der Waals surface area contributed by atoms with Crippen molar-refractivity contribution in [3.05, 3.63) is 42.4 Å². The molecule has 0 spiro atoms. The van der Waals surface area contributed by atoms with Gasteiger partial charge in [0.15, 0.2) is 0 Å². The summed E-state index contributed by atoms with van der Waals surface area (Å²) in [5, 5.41) is 0.198. The van der Waals surface area contributed by atoms with Gasteiger partial charge in [-0.15, -0.1) is 11.8 Å². The first kappa shape index (κ1) is 13.1. The fraction of sp³-hybridized carbons (Fsp3) is 0.429. The number of hydrogen-bond acceptors (Lipinski definition) is 4. The molecule has 0 aliphatic heterocycles. The van der Waals surface area contributed by atoms with Crippen LogP contribution in [0.25, 0.3) is 0 Å². The van der Waals surface area contributed by atoms with Gasteiger partial charge in [-0.1, -0.05) is 20.8 Å². The number of thioether (sulfide) groups is 1. The summed E-state index contributed by atoms with van der Waals surface area (Å²) < 4.78 is 5.83. The number of nitrogens with zero attached hydrogens (tertiary/aromatic N) is 2. The average molecular weight is 262 g/mol. The molecule has 1 atom stereocenters. The molecule has 1 unspecified atom stereocenters. The van der Waals surface area contributed by atoms with E-state index in [1.54, 1.807) is 24.2 Å². The predicted molar refractivity (Wildman–Crippen MR) is 73.7 cm³/mol. The van der Waals surface area contributed by atoms with Crippen LogP contribution in [0.1, 0.15) is 44.6 Å². The van der Waals surface area contributed by atoms with Crippen LogP contribution in [0.2, 0.25) is 0 Å². The van der Waals surface area contributed by atoms with Gasteiger partial charge in [0.25, 0.3) is 0 Å². The van der Waals surface area contributed by atoms with E-state index in [2.05, 4.69) is 37.7 Å². The first-order valence-electron chi connectivity index (χ1n) is 5.99.